The zero-order valence-electron chi connectivity index (χ0n) is 20.8. The van der Waals surface area contributed by atoms with Gasteiger partial charge in [-0.3, -0.25) is 14.4 Å². The summed E-state index contributed by atoms with van der Waals surface area (Å²) in [5.41, 5.74) is 0.988. The highest BCUT2D eigenvalue weighted by Crippen LogP contribution is 2.22. The minimum absolute atomic E-state index is 0.0811. The second kappa shape index (κ2) is 13.8. The molecule has 37 heavy (non-hydrogen) atoms. The van der Waals surface area contributed by atoms with Gasteiger partial charge in [-0.05, 0) is 35.9 Å². The van der Waals surface area contributed by atoms with E-state index in [0.29, 0.717) is 28.4 Å². The van der Waals surface area contributed by atoms with Crippen molar-refractivity contribution in [1.82, 2.24) is 20.6 Å². The monoisotopic (exact) mass is 534 g/mol. The molecule has 0 bridgehead atoms. The van der Waals surface area contributed by atoms with E-state index in [9.17, 15) is 18.8 Å². The van der Waals surface area contributed by atoms with Crippen molar-refractivity contribution in [3.63, 3.8) is 0 Å². The van der Waals surface area contributed by atoms with Gasteiger partial charge in [0.05, 0.1) is 19.1 Å². The number of fused-ring (bicyclic) bond motifs is 1. The minimum Gasteiger partial charge on any atom is -0.494 e. The number of amides is 2. The van der Waals surface area contributed by atoms with Crippen molar-refractivity contribution >= 4 is 33.4 Å². The van der Waals surface area contributed by atoms with Crippen LogP contribution in [0.1, 0.15) is 53.8 Å². The van der Waals surface area contributed by atoms with E-state index in [1.807, 2.05) is 0 Å². The number of aromatic amines is 1. The summed E-state index contributed by atoms with van der Waals surface area (Å²) in [7, 11) is 2.90. The molecule has 12 heteroatoms. The largest absolute Gasteiger partial charge is 0.494 e. The van der Waals surface area contributed by atoms with Crippen LogP contribution in [0.25, 0.3) is 10.2 Å². The van der Waals surface area contributed by atoms with Gasteiger partial charge in [0.2, 0.25) is 11.7 Å². The number of aromatic nitrogens is 2. The Morgan fingerprint density at radius 2 is 2.00 bits per heavy atom. The molecule has 1 aliphatic carbocycles. The predicted molar refractivity (Wildman–Crippen MR) is 137 cm³/mol. The van der Waals surface area contributed by atoms with Crippen LogP contribution in [0.4, 0.5) is 4.39 Å². The van der Waals surface area contributed by atoms with Crippen molar-refractivity contribution in [3.05, 3.63) is 56.7 Å². The number of aliphatic hydroxyl groups excluding tert-OH is 1. The molecule has 0 atom stereocenters. The van der Waals surface area contributed by atoms with Crippen LogP contribution in [0.5, 0.6) is 5.75 Å². The van der Waals surface area contributed by atoms with Gasteiger partial charge in [0.15, 0.2) is 11.6 Å². The Morgan fingerprint density at radius 3 is 2.68 bits per heavy atom. The minimum atomic E-state index is -0.533. The van der Waals surface area contributed by atoms with Crippen LogP contribution in [0, 0.1) is 5.82 Å². The molecule has 4 N–H and O–H groups in total. The first kappa shape index (κ1) is 28.2. The van der Waals surface area contributed by atoms with Crippen molar-refractivity contribution < 1.29 is 28.6 Å². The maximum Gasteiger partial charge on any atom is 0.287 e. The predicted octanol–water partition coefficient (Wildman–Crippen LogP) is 2.64. The van der Waals surface area contributed by atoms with Gasteiger partial charge in [-0.25, -0.2) is 9.37 Å². The maximum absolute atomic E-state index is 13.4. The molecule has 2 heterocycles. The molecule has 1 aromatic carbocycles. The normalized spacial score (nSPS) is 13.5. The number of H-pyrrole nitrogens is 1. The first-order chi connectivity index (χ1) is 17.9. The van der Waals surface area contributed by atoms with E-state index in [1.165, 1.54) is 63.0 Å². The molecule has 1 fully saturated rings. The fourth-order valence-corrected chi connectivity index (χ4v) is 4.90. The van der Waals surface area contributed by atoms with Crippen LogP contribution in [0.3, 0.4) is 0 Å². The molecule has 0 unspecified atom stereocenters. The van der Waals surface area contributed by atoms with Gasteiger partial charge in [-0.1, -0.05) is 25.3 Å². The Labute approximate surface area is 217 Å². The number of halogens is 1. The Kier molecular flexibility index (Phi) is 10.5. The zero-order chi connectivity index (χ0) is 26.8. The molecule has 4 rings (SSSR count). The van der Waals surface area contributed by atoms with Gasteiger partial charge >= 0.3 is 0 Å². The first-order valence-electron chi connectivity index (χ1n) is 11.9. The van der Waals surface area contributed by atoms with Crippen molar-refractivity contribution in [2.24, 2.45) is 0 Å². The topological polar surface area (TPSA) is 143 Å². The summed E-state index contributed by atoms with van der Waals surface area (Å²) in [5.74, 6) is -1.24. The maximum atomic E-state index is 13.4. The second-order valence-corrected chi connectivity index (χ2v) is 9.36. The number of benzene rings is 1. The molecule has 200 valence electrons. The molecule has 0 saturated heterocycles. The number of carbonyl (C=O) groups excluding carboxylic acids is 2. The van der Waals surface area contributed by atoms with Crippen molar-refractivity contribution in [3.8, 4) is 5.75 Å². The summed E-state index contributed by atoms with van der Waals surface area (Å²) >= 11 is 1.27. The number of methoxy groups -OCH3 is 2. The Hall–Kier alpha value is -3.35. The highest BCUT2D eigenvalue weighted by Gasteiger charge is 2.16. The molecule has 1 saturated carbocycles. The number of carbonyl (C=O) groups is 2. The number of hydrogen-bond donors (Lipinski definition) is 4. The van der Waals surface area contributed by atoms with Crippen molar-refractivity contribution in [2.45, 2.75) is 51.3 Å². The molecule has 0 aliphatic heterocycles. The average Bonchev–Trinajstić information content (AvgIpc) is 3.32. The number of nitrogens with zero attached hydrogens (tertiary/aromatic N) is 1. The highest BCUT2D eigenvalue weighted by molar-refractivity contribution is 7.16. The summed E-state index contributed by atoms with van der Waals surface area (Å²) in [6.07, 6.45) is 5.84. The van der Waals surface area contributed by atoms with Gasteiger partial charge in [-0.15, -0.1) is 11.3 Å². The molecule has 3 aromatic rings. The highest BCUT2D eigenvalue weighted by atomic mass is 32.1. The van der Waals surface area contributed by atoms with Crippen LogP contribution in [-0.4, -0.2) is 53.8 Å². The van der Waals surface area contributed by atoms with Gasteiger partial charge in [0.1, 0.15) is 11.4 Å². The lowest BCUT2D eigenvalue weighted by Crippen LogP contribution is -2.37. The number of hydrogen-bond acceptors (Lipinski definition) is 8. The lowest BCUT2D eigenvalue weighted by atomic mass is 9.95. The van der Waals surface area contributed by atoms with E-state index in [1.54, 1.807) is 5.38 Å². The molecule has 2 aromatic heterocycles. The van der Waals surface area contributed by atoms with E-state index in [4.69, 9.17) is 14.6 Å². The quantitative estimate of drug-likeness (QED) is 0.348. The van der Waals surface area contributed by atoms with Crippen LogP contribution < -0.4 is 20.9 Å². The number of rotatable bonds is 8. The van der Waals surface area contributed by atoms with Gasteiger partial charge in [0.25, 0.3) is 11.5 Å². The Balaban J connectivity index is 0.000000289. The van der Waals surface area contributed by atoms with Crippen molar-refractivity contribution in [2.75, 3.05) is 20.8 Å². The van der Waals surface area contributed by atoms with E-state index >= 15 is 0 Å². The lowest BCUT2D eigenvalue weighted by Gasteiger charge is -2.22. The van der Waals surface area contributed by atoms with Gasteiger partial charge < -0.3 is 30.2 Å². The van der Waals surface area contributed by atoms with Gasteiger partial charge in [0, 0.05) is 25.3 Å². The Bertz CT molecular complexity index is 1270. The van der Waals surface area contributed by atoms with E-state index in [0.717, 1.165) is 18.4 Å². The zero-order valence-corrected chi connectivity index (χ0v) is 21.6. The second-order valence-electron chi connectivity index (χ2n) is 8.50. The number of nitrogens with one attached hydrogen (secondary N) is 3. The third-order valence-electron chi connectivity index (χ3n) is 5.82. The first-order valence-corrected chi connectivity index (χ1v) is 12.7. The number of ether oxygens (including phenoxy) is 2. The summed E-state index contributed by atoms with van der Waals surface area (Å²) in [6.45, 7) is 0.0514. The van der Waals surface area contributed by atoms with E-state index in [-0.39, 0.29) is 30.6 Å². The van der Waals surface area contributed by atoms with E-state index < -0.39 is 17.3 Å². The standard InChI is InChI=1S/C17H16FN3O4S.C8H15NO2/c1-24-7-10-8-26-17-13(10)15(22)20-14(21-17)16(23)19-6-9-3-4-11(18)12(5-9)25-2;10-6-8(11)9-7-4-2-1-3-5-7/h3-5,8H,6-7H2,1-2H3,(H,19,23)(H,20,21,22);7,10H,1-6H2,(H,9,11). The summed E-state index contributed by atoms with van der Waals surface area (Å²) < 4.78 is 23.4. The molecular formula is C25H31FN4O6S. The number of thiophene rings is 1. The van der Waals surface area contributed by atoms with Gasteiger partial charge in [-0.2, -0.15) is 0 Å². The van der Waals surface area contributed by atoms with E-state index in [2.05, 4.69) is 20.6 Å². The SMILES string of the molecule is COCc1csc2nc(C(=O)NCc3ccc(F)c(OC)c3)[nH]c(=O)c12.O=C(CO)NC1CCCCC1. The molecule has 2 amide bonds. The molecular weight excluding hydrogens is 503 g/mol. The number of aliphatic hydroxyl groups is 1. The van der Waals surface area contributed by atoms with Crippen molar-refractivity contribution in [1.29, 1.82) is 0 Å². The molecule has 10 nitrogen and oxygen atoms in total. The van der Waals surface area contributed by atoms with Crippen LogP contribution in [-0.2, 0) is 22.7 Å². The summed E-state index contributed by atoms with van der Waals surface area (Å²) in [5, 5.41) is 16.1. The Morgan fingerprint density at radius 1 is 1.24 bits per heavy atom. The van der Waals surface area contributed by atoms with Crippen LogP contribution in [0.15, 0.2) is 28.4 Å². The average molecular weight is 535 g/mol. The third kappa shape index (κ3) is 7.81. The van der Waals surface area contributed by atoms with Crippen LogP contribution >= 0.6 is 11.3 Å². The third-order valence-corrected chi connectivity index (χ3v) is 6.74. The fourth-order valence-electron chi connectivity index (χ4n) is 3.98. The molecule has 0 radical (unpaired) electrons. The smallest absolute Gasteiger partial charge is 0.287 e. The lowest BCUT2D eigenvalue weighted by molar-refractivity contribution is -0.124. The van der Waals surface area contributed by atoms with Crippen LogP contribution in [0.2, 0.25) is 0 Å². The molecule has 0 spiro atoms. The summed E-state index contributed by atoms with van der Waals surface area (Å²) in [4.78, 5) is 42.5. The fraction of sp³-hybridized carbons (Fsp3) is 0.440. The molecule has 1 aliphatic rings. The summed E-state index contributed by atoms with van der Waals surface area (Å²) in [6, 6.07) is 4.61.